The maximum atomic E-state index is 9.00. The van der Waals surface area contributed by atoms with Crippen LogP contribution in [0, 0.1) is 0 Å². The van der Waals surface area contributed by atoms with Gasteiger partial charge >= 0.3 is 0 Å². The number of aliphatic hydroxyl groups excluding tert-OH is 2. The summed E-state index contributed by atoms with van der Waals surface area (Å²) in [4.78, 5) is 6.02. The lowest BCUT2D eigenvalue weighted by atomic mass is 10.2. The topological polar surface area (TPSA) is 65.4 Å². The number of nitrogens with one attached hydrogen (secondary N) is 1. The fourth-order valence-electron chi connectivity index (χ4n) is 1.98. The molecule has 1 aliphatic carbocycles. The van der Waals surface area contributed by atoms with Crippen molar-refractivity contribution in [3.8, 4) is 0 Å². The van der Waals surface area contributed by atoms with Gasteiger partial charge in [-0.15, -0.1) is 11.3 Å². The first-order valence-electron chi connectivity index (χ1n) is 5.70. The van der Waals surface area contributed by atoms with Crippen LogP contribution in [0.1, 0.15) is 35.0 Å². The molecule has 1 unspecified atom stereocenters. The molecule has 0 aromatic carbocycles. The van der Waals surface area contributed by atoms with E-state index in [4.69, 9.17) is 10.2 Å². The normalized spacial score (nSPS) is 16.8. The van der Waals surface area contributed by atoms with E-state index in [2.05, 4.69) is 10.3 Å². The fraction of sp³-hybridized carbons (Fsp3) is 0.727. The summed E-state index contributed by atoms with van der Waals surface area (Å²) >= 11 is 1.76. The van der Waals surface area contributed by atoms with Crippen LogP contribution in [0.2, 0.25) is 0 Å². The molecule has 2 rings (SSSR count). The molecule has 0 amide bonds. The molecule has 0 spiro atoms. The minimum Gasteiger partial charge on any atom is -0.395 e. The van der Waals surface area contributed by atoms with Gasteiger partial charge in [0.15, 0.2) is 0 Å². The Labute approximate surface area is 99.3 Å². The van der Waals surface area contributed by atoms with Crippen molar-refractivity contribution in [2.45, 2.75) is 38.3 Å². The van der Waals surface area contributed by atoms with Crippen molar-refractivity contribution >= 4 is 11.3 Å². The van der Waals surface area contributed by atoms with Gasteiger partial charge in [-0.25, -0.2) is 4.98 Å². The molecule has 5 heteroatoms. The highest BCUT2D eigenvalue weighted by Gasteiger charge is 2.20. The fourth-order valence-corrected chi connectivity index (χ4v) is 3.15. The standard InChI is InChI=1S/C11H18N2O2S/c1-7(12-8(5-14)6-15)11-13-9-3-2-4-10(9)16-11/h7-8,12,14-15H,2-6H2,1H3. The number of aromatic nitrogens is 1. The SMILES string of the molecule is CC(NC(CO)CO)c1nc2c(s1)CCC2. The van der Waals surface area contributed by atoms with Gasteiger partial charge in [0.25, 0.3) is 0 Å². The van der Waals surface area contributed by atoms with Crippen molar-refractivity contribution < 1.29 is 10.2 Å². The van der Waals surface area contributed by atoms with Crippen molar-refractivity contribution in [3.63, 3.8) is 0 Å². The number of rotatable bonds is 5. The molecule has 0 saturated carbocycles. The second-order valence-corrected chi connectivity index (χ2v) is 5.34. The molecule has 1 aromatic heterocycles. The van der Waals surface area contributed by atoms with Gasteiger partial charge in [0.05, 0.1) is 31.0 Å². The number of thiazole rings is 1. The summed E-state index contributed by atoms with van der Waals surface area (Å²) in [5.74, 6) is 0. The number of fused-ring (bicyclic) bond motifs is 1. The summed E-state index contributed by atoms with van der Waals surface area (Å²) in [6, 6.07) is -0.159. The number of aryl methyl sites for hydroxylation is 2. The van der Waals surface area contributed by atoms with Crippen LogP contribution in [0.4, 0.5) is 0 Å². The zero-order valence-electron chi connectivity index (χ0n) is 9.44. The molecule has 90 valence electrons. The van der Waals surface area contributed by atoms with Crippen molar-refractivity contribution in [1.82, 2.24) is 10.3 Å². The van der Waals surface area contributed by atoms with E-state index in [-0.39, 0.29) is 25.3 Å². The summed E-state index contributed by atoms with van der Waals surface area (Å²) in [6.07, 6.45) is 3.48. The van der Waals surface area contributed by atoms with Crippen molar-refractivity contribution in [1.29, 1.82) is 0 Å². The molecule has 1 aliphatic rings. The van der Waals surface area contributed by atoms with Crippen molar-refractivity contribution in [2.24, 2.45) is 0 Å². The Bertz CT molecular complexity index is 328. The first-order valence-corrected chi connectivity index (χ1v) is 6.52. The van der Waals surface area contributed by atoms with Gasteiger partial charge in [0.1, 0.15) is 5.01 Å². The van der Waals surface area contributed by atoms with E-state index in [1.54, 1.807) is 11.3 Å². The Hall–Kier alpha value is -0.490. The highest BCUT2D eigenvalue weighted by atomic mass is 32.1. The van der Waals surface area contributed by atoms with Crippen LogP contribution in [0.3, 0.4) is 0 Å². The monoisotopic (exact) mass is 242 g/mol. The highest BCUT2D eigenvalue weighted by Crippen LogP contribution is 2.30. The largest absolute Gasteiger partial charge is 0.395 e. The van der Waals surface area contributed by atoms with Crippen LogP contribution in [-0.4, -0.2) is 34.5 Å². The molecule has 0 fully saturated rings. The third-order valence-electron chi connectivity index (χ3n) is 2.91. The molecule has 1 heterocycles. The Morgan fingerprint density at radius 1 is 1.38 bits per heavy atom. The van der Waals surface area contributed by atoms with E-state index in [0.717, 1.165) is 17.8 Å². The molecule has 3 N–H and O–H groups in total. The van der Waals surface area contributed by atoms with E-state index in [1.165, 1.54) is 17.0 Å². The zero-order chi connectivity index (χ0) is 11.5. The second-order valence-electron chi connectivity index (χ2n) is 4.23. The first-order chi connectivity index (χ1) is 7.74. The average molecular weight is 242 g/mol. The lowest BCUT2D eigenvalue weighted by molar-refractivity contribution is 0.163. The Kier molecular flexibility index (Phi) is 3.91. The minimum atomic E-state index is -0.256. The van der Waals surface area contributed by atoms with Crippen LogP contribution < -0.4 is 5.32 Å². The summed E-state index contributed by atoms with van der Waals surface area (Å²) in [5.41, 5.74) is 1.25. The van der Waals surface area contributed by atoms with E-state index < -0.39 is 0 Å². The number of nitrogens with zero attached hydrogens (tertiary/aromatic N) is 1. The van der Waals surface area contributed by atoms with Gasteiger partial charge in [-0.2, -0.15) is 0 Å². The highest BCUT2D eigenvalue weighted by molar-refractivity contribution is 7.11. The molecule has 0 saturated heterocycles. The molecule has 0 radical (unpaired) electrons. The van der Waals surface area contributed by atoms with E-state index in [0.29, 0.717) is 0 Å². The predicted octanol–water partition coefficient (Wildman–Crippen LogP) is 0.636. The molecular weight excluding hydrogens is 224 g/mol. The van der Waals surface area contributed by atoms with Crippen LogP contribution in [-0.2, 0) is 12.8 Å². The number of aliphatic hydroxyl groups is 2. The molecule has 1 aromatic rings. The molecule has 1 atom stereocenters. The molecule has 0 bridgehead atoms. The summed E-state index contributed by atoms with van der Waals surface area (Å²) in [6.45, 7) is 1.92. The maximum absolute atomic E-state index is 9.00. The van der Waals surface area contributed by atoms with Crippen LogP contribution in [0.15, 0.2) is 0 Å². The van der Waals surface area contributed by atoms with Gasteiger partial charge in [0.2, 0.25) is 0 Å². The lowest BCUT2D eigenvalue weighted by Crippen LogP contribution is -2.37. The second kappa shape index (κ2) is 5.23. The quantitative estimate of drug-likeness (QED) is 0.709. The van der Waals surface area contributed by atoms with Crippen molar-refractivity contribution in [3.05, 3.63) is 15.6 Å². The third-order valence-corrected chi connectivity index (χ3v) is 4.25. The smallest absolute Gasteiger partial charge is 0.110 e. The van der Waals surface area contributed by atoms with Gasteiger partial charge in [-0.1, -0.05) is 0 Å². The average Bonchev–Trinajstić information content (AvgIpc) is 2.85. The van der Waals surface area contributed by atoms with Crippen LogP contribution in [0.5, 0.6) is 0 Å². The van der Waals surface area contributed by atoms with Gasteiger partial charge < -0.3 is 15.5 Å². The molecule has 4 nitrogen and oxygen atoms in total. The molecule has 0 aliphatic heterocycles. The predicted molar refractivity (Wildman–Crippen MR) is 63.6 cm³/mol. The van der Waals surface area contributed by atoms with Crippen LogP contribution in [0.25, 0.3) is 0 Å². The Morgan fingerprint density at radius 2 is 2.12 bits per heavy atom. The summed E-state index contributed by atoms with van der Waals surface area (Å²) in [7, 11) is 0. The van der Waals surface area contributed by atoms with Gasteiger partial charge in [-0.05, 0) is 26.2 Å². The molecular formula is C11H18N2O2S. The first kappa shape index (κ1) is 12.0. The Morgan fingerprint density at radius 3 is 2.75 bits per heavy atom. The van der Waals surface area contributed by atoms with E-state index >= 15 is 0 Å². The maximum Gasteiger partial charge on any atom is 0.110 e. The van der Waals surface area contributed by atoms with E-state index in [1.807, 2.05) is 6.92 Å². The van der Waals surface area contributed by atoms with Gasteiger partial charge in [-0.3, -0.25) is 0 Å². The third kappa shape index (κ3) is 2.43. The van der Waals surface area contributed by atoms with E-state index in [9.17, 15) is 0 Å². The van der Waals surface area contributed by atoms with Crippen molar-refractivity contribution in [2.75, 3.05) is 13.2 Å². The lowest BCUT2D eigenvalue weighted by Gasteiger charge is -2.18. The van der Waals surface area contributed by atoms with Gasteiger partial charge in [0, 0.05) is 4.88 Å². The van der Waals surface area contributed by atoms with Crippen LogP contribution >= 0.6 is 11.3 Å². The number of hydrogen-bond acceptors (Lipinski definition) is 5. The zero-order valence-corrected chi connectivity index (χ0v) is 10.3. The molecule has 16 heavy (non-hydrogen) atoms. The number of hydrogen-bond donors (Lipinski definition) is 3. The minimum absolute atomic E-state index is 0.0497. The summed E-state index contributed by atoms with van der Waals surface area (Å²) < 4.78 is 0. The Balaban J connectivity index is 2.00. The summed E-state index contributed by atoms with van der Waals surface area (Å²) in [5, 5.41) is 22.2.